The molecule has 0 radical (unpaired) electrons. The Kier molecular flexibility index (Phi) is 2.29. The minimum absolute atomic E-state index is 0.0126. The van der Waals surface area contributed by atoms with Gasteiger partial charge in [-0.3, -0.25) is 4.79 Å². The number of ether oxygens (including phenoxy) is 1. The number of pyridine rings is 1. The molecule has 0 saturated heterocycles. The molecule has 0 aliphatic heterocycles. The molecule has 0 aliphatic carbocycles. The summed E-state index contributed by atoms with van der Waals surface area (Å²) in [6.45, 7) is 0. The summed E-state index contributed by atoms with van der Waals surface area (Å²) in [6, 6.07) is 5.31. The number of hydrogen-bond donors (Lipinski definition) is 1. The summed E-state index contributed by atoms with van der Waals surface area (Å²) in [5, 5.41) is 0.653. The van der Waals surface area contributed by atoms with Gasteiger partial charge in [0, 0.05) is 17.6 Å². The first-order valence-corrected chi connectivity index (χ1v) is 4.86. The Morgan fingerprint density at radius 1 is 1.43 bits per heavy atom. The van der Waals surface area contributed by atoms with Gasteiger partial charge in [-0.25, -0.2) is 0 Å². The van der Waals surface area contributed by atoms with Gasteiger partial charge in [-0.15, -0.1) is 0 Å². The van der Waals surface area contributed by atoms with E-state index < -0.39 is 0 Å². The van der Waals surface area contributed by atoms with Crippen LogP contribution in [0.1, 0.15) is 0 Å². The number of halogens is 1. The SMILES string of the molecule is COc1ccc2c(=O)c(Br)c[nH]c2c1. The van der Waals surface area contributed by atoms with Gasteiger partial charge in [0.2, 0.25) is 5.43 Å². The van der Waals surface area contributed by atoms with Crippen molar-refractivity contribution in [3.63, 3.8) is 0 Å². The average Bonchev–Trinajstić information content (AvgIpc) is 2.23. The van der Waals surface area contributed by atoms with Gasteiger partial charge in [0.1, 0.15) is 5.75 Å². The van der Waals surface area contributed by atoms with Crippen LogP contribution >= 0.6 is 15.9 Å². The minimum atomic E-state index is -0.0126. The van der Waals surface area contributed by atoms with E-state index in [9.17, 15) is 4.79 Å². The number of aromatic amines is 1. The van der Waals surface area contributed by atoms with Crippen molar-refractivity contribution in [2.75, 3.05) is 7.11 Å². The highest BCUT2D eigenvalue weighted by Gasteiger charge is 2.02. The third kappa shape index (κ3) is 1.42. The molecule has 0 spiro atoms. The van der Waals surface area contributed by atoms with E-state index >= 15 is 0 Å². The molecular formula is C10H8BrNO2. The van der Waals surface area contributed by atoms with Crippen LogP contribution in [0.3, 0.4) is 0 Å². The number of fused-ring (bicyclic) bond motifs is 1. The van der Waals surface area contributed by atoms with Crippen LogP contribution in [-0.4, -0.2) is 12.1 Å². The lowest BCUT2D eigenvalue weighted by Gasteiger charge is -2.02. The number of H-pyrrole nitrogens is 1. The molecule has 4 heteroatoms. The maximum atomic E-state index is 11.6. The van der Waals surface area contributed by atoms with Crippen LogP contribution in [0.4, 0.5) is 0 Å². The minimum Gasteiger partial charge on any atom is -0.497 e. The second-order valence-corrected chi connectivity index (χ2v) is 3.73. The molecule has 1 N–H and O–H groups in total. The normalized spacial score (nSPS) is 10.4. The number of nitrogens with one attached hydrogen (secondary N) is 1. The second-order valence-electron chi connectivity index (χ2n) is 2.88. The largest absolute Gasteiger partial charge is 0.497 e. The Balaban J connectivity index is 2.81. The molecule has 0 unspecified atom stereocenters. The first-order chi connectivity index (χ1) is 6.72. The maximum Gasteiger partial charge on any atom is 0.203 e. The summed E-state index contributed by atoms with van der Waals surface area (Å²) in [6.07, 6.45) is 1.63. The smallest absolute Gasteiger partial charge is 0.203 e. The third-order valence-corrected chi connectivity index (χ3v) is 2.63. The first-order valence-electron chi connectivity index (χ1n) is 4.07. The Morgan fingerprint density at radius 3 is 2.93 bits per heavy atom. The quantitative estimate of drug-likeness (QED) is 0.848. The fourth-order valence-electron chi connectivity index (χ4n) is 1.30. The topological polar surface area (TPSA) is 42.1 Å². The summed E-state index contributed by atoms with van der Waals surface area (Å²) >= 11 is 3.18. The van der Waals surface area contributed by atoms with E-state index in [2.05, 4.69) is 20.9 Å². The van der Waals surface area contributed by atoms with Crippen molar-refractivity contribution in [3.8, 4) is 5.75 Å². The predicted octanol–water partition coefficient (Wildman–Crippen LogP) is 2.30. The summed E-state index contributed by atoms with van der Waals surface area (Å²) in [5.41, 5.74) is 0.763. The van der Waals surface area contributed by atoms with Crippen LogP contribution in [0.25, 0.3) is 10.9 Å². The third-order valence-electron chi connectivity index (χ3n) is 2.04. The molecule has 0 bridgehead atoms. The number of methoxy groups -OCH3 is 1. The van der Waals surface area contributed by atoms with E-state index in [1.807, 2.05) is 0 Å². The van der Waals surface area contributed by atoms with Crippen molar-refractivity contribution in [1.29, 1.82) is 0 Å². The van der Waals surface area contributed by atoms with Gasteiger partial charge in [0.05, 0.1) is 17.1 Å². The summed E-state index contributed by atoms with van der Waals surface area (Å²) < 4.78 is 5.60. The summed E-state index contributed by atoms with van der Waals surface area (Å²) in [4.78, 5) is 14.6. The van der Waals surface area contributed by atoms with Crippen LogP contribution in [0.5, 0.6) is 5.75 Å². The molecule has 1 heterocycles. The Hall–Kier alpha value is -1.29. The highest BCUT2D eigenvalue weighted by molar-refractivity contribution is 9.10. The lowest BCUT2D eigenvalue weighted by atomic mass is 10.2. The molecule has 0 atom stereocenters. The van der Waals surface area contributed by atoms with Crippen molar-refractivity contribution >= 4 is 26.8 Å². The monoisotopic (exact) mass is 253 g/mol. The maximum absolute atomic E-state index is 11.6. The van der Waals surface area contributed by atoms with Crippen molar-refractivity contribution in [1.82, 2.24) is 4.98 Å². The van der Waals surface area contributed by atoms with E-state index in [0.717, 1.165) is 11.3 Å². The fourth-order valence-corrected chi connectivity index (χ4v) is 1.63. The molecule has 2 rings (SSSR count). The second kappa shape index (κ2) is 3.46. The average molecular weight is 254 g/mol. The number of hydrogen-bond acceptors (Lipinski definition) is 2. The van der Waals surface area contributed by atoms with E-state index in [0.29, 0.717) is 9.86 Å². The molecule has 2 aromatic rings. The van der Waals surface area contributed by atoms with Gasteiger partial charge in [-0.05, 0) is 28.1 Å². The van der Waals surface area contributed by atoms with Crippen molar-refractivity contribution in [3.05, 3.63) is 39.1 Å². The van der Waals surface area contributed by atoms with E-state index in [1.165, 1.54) is 0 Å². The van der Waals surface area contributed by atoms with Crippen molar-refractivity contribution in [2.24, 2.45) is 0 Å². The highest BCUT2D eigenvalue weighted by atomic mass is 79.9. The van der Waals surface area contributed by atoms with Crippen LogP contribution in [0.2, 0.25) is 0 Å². The van der Waals surface area contributed by atoms with Gasteiger partial charge in [-0.2, -0.15) is 0 Å². The lowest BCUT2D eigenvalue weighted by Crippen LogP contribution is -2.03. The van der Waals surface area contributed by atoms with Crippen LogP contribution < -0.4 is 10.2 Å². The van der Waals surface area contributed by atoms with Gasteiger partial charge in [0.25, 0.3) is 0 Å². The zero-order valence-electron chi connectivity index (χ0n) is 7.50. The molecule has 1 aromatic heterocycles. The molecule has 72 valence electrons. The van der Waals surface area contributed by atoms with Crippen LogP contribution in [0.15, 0.2) is 33.7 Å². The predicted molar refractivity (Wildman–Crippen MR) is 58.8 cm³/mol. The molecule has 0 amide bonds. The number of aromatic nitrogens is 1. The molecule has 0 aliphatic rings. The van der Waals surface area contributed by atoms with Crippen molar-refractivity contribution in [2.45, 2.75) is 0 Å². The molecule has 3 nitrogen and oxygen atoms in total. The van der Waals surface area contributed by atoms with E-state index in [-0.39, 0.29) is 5.43 Å². The van der Waals surface area contributed by atoms with Gasteiger partial charge >= 0.3 is 0 Å². The van der Waals surface area contributed by atoms with Gasteiger partial charge in [0.15, 0.2) is 0 Å². The summed E-state index contributed by atoms with van der Waals surface area (Å²) in [7, 11) is 1.60. The van der Waals surface area contributed by atoms with E-state index in [4.69, 9.17) is 4.74 Å². The Labute approximate surface area is 88.8 Å². The van der Waals surface area contributed by atoms with Crippen LogP contribution in [-0.2, 0) is 0 Å². The van der Waals surface area contributed by atoms with Gasteiger partial charge < -0.3 is 9.72 Å². The van der Waals surface area contributed by atoms with Crippen LogP contribution in [0, 0.1) is 0 Å². The Morgan fingerprint density at radius 2 is 2.21 bits per heavy atom. The number of benzene rings is 1. The van der Waals surface area contributed by atoms with E-state index in [1.54, 1.807) is 31.5 Å². The fraction of sp³-hybridized carbons (Fsp3) is 0.100. The molecule has 0 fully saturated rings. The van der Waals surface area contributed by atoms with Crippen molar-refractivity contribution < 1.29 is 4.74 Å². The molecule has 1 aromatic carbocycles. The molecule has 14 heavy (non-hydrogen) atoms. The zero-order chi connectivity index (χ0) is 10.1. The first kappa shape index (κ1) is 9.27. The lowest BCUT2D eigenvalue weighted by molar-refractivity contribution is 0.415. The number of rotatable bonds is 1. The Bertz CT molecular complexity index is 533. The standard InChI is InChI=1S/C10H8BrNO2/c1-14-6-2-3-7-9(4-6)12-5-8(11)10(7)13/h2-5H,1H3,(H,12,13). The highest BCUT2D eigenvalue weighted by Crippen LogP contribution is 2.17. The molecular weight excluding hydrogens is 246 g/mol. The zero-order valence-corrected chi connectivity index (χ0v) is 9.09. The van der Waals surface area contributed by atoms with Gasteiger partial charge in [-0.1, -0.05) is 0 Å². The molecule has 0 saturated carbocycles. The summed E-state index contributed by atoms with van der Waals surface area (Å²) in [5.74, 6) is 0.732.